The first-order valence-corrected chi connectivity index (χ1v) is 10.1. The van der Waals surface area contributed by atoms with Gasteiger partial charge in [0, 0.05) is 19.5 Å². The van der Waals surface area contributed by atoms with E-state index in [2.05, 4.69) is 5.32 Å². The second-order valence-corrected chi connectivity index (χ2v) is 8.10. The first-order valence-electron chi connectivity index (χ1n) is 10.1. The molecule has 2 heterocycles. The summed E-state index contributed by atoms with van der Waals surface area (Å²) in [6.45, 7) is 0. The largest absolute Gasteiger partial charge is 0.481 e. The Morgan fingerprint density at radius 3 is 2.40 bits per heavy atom. The summed E-state index contributed by atoms with van der Waals surface area (Å²) >= 11 is 0. The molecule has 30 heavy (non-hydrogen) atoms. The van der Waals surface area contributed by atoms with Crippen molar-refractivity contribution in [2.24, 2.45) is 5.92 Å². The van der Waals surface area contributed by atoms with Gasteiger partial charge in [-0.15, -0.1) is 0 Å². The Morgan fingerprint density at radius 1 is 1.07 bits per heavy atom. The molecule has 1 aromatic rings. The lowest BCUT2D eigenvalue weighted by molar-refractivity contribution is -0.143. The highest BCUT2D eigenvalue weighted by Gasteiger charge is 2.46. The first-order chi connectivity index (χ1) is 14.3. The number of amides is 4. The zero-order valence-corrected chi connectivity index (χ0v) is 16.6. The smallest absolute Gasteiger partial charge is 0.306 e. The maximum atomic E-state index is 13.2. The fraction of sp³-hybridized carbons (Fsp3) is 0.476. The molecule has 0 radical (unpaired) electrons. The van der Waals surface area contributed by atoms with Gasteiger partial charge in [-0.1, -0.05) is 6.07 Å². The molecule has 4 rings (SSSR count). The molecular formula is C21H23N3O6. The number of nitrogens with one attached hydrogen (secondary N) is 1. The molecule has 0 aromatic heterocycles. The van der Waals surface area contributed by atoms with Crippen LogP contribution in [0.2, 0.25) is 0 Å². The summed E-state index contributed by atoms with van der Waals surface area (Å²) in [4.78, 5) is 64.0. The SMILES string of the molecule is CN(c1cccc2c1C(=O)N(C1CCC(=O)NC1=O)C2=O)C1CCC(C(=O)O)CC1. The van der Waals surface area contributed by atoms with E-state index < -0.39 is 35.6 Å². The predicted molar refractivity (Wildman–Crippen MR) is 105 cm³/mol. The highest BCUT2D eigenvalue weighted by atomic mass is 16.4. The van der Waals surface area contributed by atoms with E-state index >= 15 is 0 Å². The number of carboxylic acids is 1. The first kappa shape index (κ1) is 20.1. The van der Waals surface area contributed by atoms with Crippen LogP contribution in [0.25, 0.3) is 0 Å². The summed E-state index contributed by atoms with van der Waals surface area (Å²) in [6.07, 6.45) is 2.67. The fourth-order valence-corrected chi connectivity index (χ4v) is 4.70. The third-order valence-corrected chi connectivity index (χ3v) is 6.42. The van der Waals surface area contributed by atoms with Crippen LogP contribution in [-0.2, 0) is 14.4 Å². The van der Waals surface area contributed by atoms with Crippen molar-refractivity contribution < 1.29 is 29.1 Å². The van der Waals surface area contributed by atoms with E-state index in [4.69, 9.17) is 0 Å². The second-order valence-electron chi connectivity index (χ2n) is 8.10. The zero-order valence-electron chi connectivity index (χ0n) is 16.6. The molecule has 1 saturated carbocycles. The number of hydrogen-bond acceptors (Lipinski definition) is 6. The quantitative estimate of drug-likeness (QED) is 0.710. The summed E-state index contributed by atoms with van der Waals surface area (Å²) in [6, 6.07) is 4.09. The third kappa shape index (κ3) is 3.24. The number of aliphatic carboxylic acids is 1. The van der Waals surface area contributed by atoms with Gasteiger partial charge in [0.15, 0.2) is 0 Å². The summed E-state index contributed by atoms with van der Waals surface area (Å²) in [5, 5.41) is 11.4. The van der Waals surface area contributed by atoms with Gasteiger partial charge in [-0.25, -0.2) is 0 Å². The lowest BCUT2D eigenvalue weighted by atomic mass is 9.85. The number of hydrogen-bond donors (Lipinski definition) is 2. The number of rotatable bonds is 4. The number of benzene rings is 1. The van der Waals surface area contributed by atoms with Gasteiger partial charge in [-0.3, -0.25) is 34.2 Å². The van der Waals surface area contributed by atoms with Crippen LogP contribution in [0.1, 0.15) is 59.2 Å². The van der Waals surface area contributed by atoms with Crippen molar-refractivity contribution in [3.8, 4) is 0 Å². The van der Waals surface area contributed by atoms with Gasteiger partial charge in [0.2, 0.25) is 11.8 Å². The zero-order chi connectivity index (χ0) is 21.6. The molecule has 158 valence electrons. The number of nitrogens with zero attached hydrogens (tertiary/aromatic N) is 2. The Morgan fingerprint density at radius 2 is 1.77 bits per heavy atom. The van der Waals surface area contributed by atoms with Gasteiger partial charge in [0.05, 0.1) is 22.7 Å². The number of carboxylic acid groups (broad SMARTS) is 1. The van der Waals surface area contributed by atoms with Crippen molar-refractivity contribution >= 4 is 35.3 Å². The Balaban J connectivity index is 1.60. The fourth-order valence-electron chi connectivity index (χ4n) is 4.70. The second kappa shape index (κ2) is 7.55. The van der Waals surface area contributed by atoms with Gasteiger partial charge >= 0.3 is 5.97 Å². The molecule has 1 atom stereocenters. The molecule has 2 aliphatic heterocycles. The average Bonchev–Trinajstić information content (AvgIpc) is 2.98. The highest BCUT2D eigenvalue weighted by molar-refractivity contribution is 6.25. The molecule has 1 aliphatic carbocycles. The van der Waals surface area contributed by atoms with Crippen LogP contribution in [0.15, 0.2) is 18.2 Å². The minimum Gasteiger partial charge on any atom is -0.481 e. The number of imide groups is 2. The van der Waals surface area contributed by atoms with Crippen LogP contribution in [0, 0.1) is 5.92 Å². The van der Waals surface area contributed by atoms with E-state index in [-0.39, 0.29) is 35.9 Å². The van der Waals surface area contributed by atoms with Crippen LogP contribution in [0.3, 0.4) is 0 Å². The predicted octanol–water partition coefficient (Wildman–Crippen LogP) is 1.17. The Labute approximate surface area is 173 Å². The molecule has 3 aliphatic rings. The monoisotopic (exact) mass is 413 g/mol. The van der Waals surface area contributed by atoms with Crippen LogP contribution < -0.4 is 10.2 Å². The minimum absolute atomic E-state index is 0.0552. The molecule has 2 N–H and O–H groups in total. The van der Waals surface area contributed by atoms with Gasteiger partial charge in [-0.2, -0.15) is 0 Å². The van der Waals surface area contributed by atoms with E-state index in [1.165, 1.54) is 0 Å². The molecule has 4 amide bonds. The lowest BCUT2D eigenvalue weighted by Crippen LogP contribution is -2.54. The normalized spacial score (nSPS) is 26.4. The van der Waals surface area contributed by atoms with Crippen molar-refractivity contribution in [2.45, 2.75) is 50.6 Å². The third-order valence-electron chi connectivity index (χ3n) is 6.42. The number of carbonyl (C=O) groups excluding carboxylic acids is 4. The summed E-state index contributed by atoms with van der Waals surface area (Å²) in [5.41, 5.74) is 1.10. The number of fused-ring (bicyclic) bond motifs is 1. The summed E-state index contributed by atoms with van der Waals surface area (Å²) in [7, 11) is 1.84. The van der Waals surface area contributed by atoms with Crippen molar-refractivity contribution in [1.29, 1.82) is 0 Å². The molecule has 1 unspecified atom stereocenters. The van der Waals surface area contributed by atoms with Crippen LogP contribution in [0.4, 0.5) is 5.69 Å². The van der Waals surface area contributed by atoms with Crippen molar-refractivity contribution in [2.75, 3.05) is 11.9 Å². The van der Waals surface area contributed by atoms with E-state index in [0.717, 1.165) is 4.90 Å². The molecule has 9 heteroatoms. The molecule has 1 aromatic carbocycles. The number of anilines is 1. The van der Waals surface area contributed by atoms with E-state index in [1.54, 1.807) is 18.2 Å². The van der Waals surface area contributed by atoms with Gasteiger partial charge in [-0.05, 0) is 44.2 Å². The average molecular weight is 413 g/mol. The molecule has 0 spiro atoms. The van der Waals surface area contributed by atoms with Crippen LogP contribution in [-0.4, -0.2) is 58.7 Å². The number of carbonyl (C=O) groups is 5. The summed E-state index contributed by atoms with van der Waals surface area (Å²) < 4.78 is 0. The van der Waals surface area contributed by atoms with E-state index in [1.807, 2.05) is 11.9 Å². The van der Waals surface area contributed by atoms with Gasteiger partial charge < -0.3 is 10.0 Å². The molecule has 1 saturated heterocycles. The molecular weight excluding hydrogens is 390 g/mol. The standard InChI is InChI=1S/C21H23N3O6/c1-23(12-7-5-11(6-8-12)21(29)30)14-4-2-3-13-17(14)20(28)24(19(13)27)15-9-10-16(25)22-18(15)26/h2-4,11-12,15H,5-10H2,1H3,(H,29,30)(H,22,25,26). The maximum absolute atomic E-state index is 13.2. The summed E-state index contributed by atoms with van der Waals surface area (Å²) in [5.74, 6) is -3.24. The van der Waals surface area contributed by atoms with Crippen LogP contribution >= 0.6 is 0 Å². The van der Waals surface area contributed by atoms with Crippen molar-refractivity contribution in [3.63, 3.8) is 0 Å². The van der Waals surface area contributed by atoms with Gasteiger partial charge in [0.25, 0.3) is 11.8 Å². The van der Waals surface area contributed by atoms with E-state index in [9.17, 15) is 29.1 Å². The minimum atomic E-state index is -1.00. The molecule has 9 nitrogen and oxygen atoms in total. The maximum Gasteiger partial charge on any atom is 0.306 e. The highest BCUT2D eigenvalue weighted by Crippen LogP contribution is 2.37. The van der Waals surface area contributed by atoms with Crippen molar-refractivity contribution in [3.05, 3.63) is 29.3 Å². The van der Waals surface area contributed by atoms with Crippen molar-refractivity contribution in [1.82, 2.24) is 10.2 Å². The number of piperidine rings is 1. The molecule has 2 fully saturated rings. The van der Waals surface area contributed by atoms with E-state index in [0.29, 0.717) is 31.4 Å². The topological polar surface area (TPSA) is 124 Å². The Kier molecular flexibility index (Phi) is 5.05. The lowest BCUT2D eigenvalue weighted by Gasteiger charge is -2.35. The Hall–Kier alpha value is -3.23. The van der Waals surface area contributed by atoms with Crippen LogP contribution in [0.5, 0.6) is 0 Å². The van der Waals surface area contributed by atoms with Gasteiger partial charge in [0.1, 0.15) is 6.04 Å². The molecule has 0 bridgehead atoms. The Bertz CT molecular complexity index is 950.